The van der Waals surface area contributed by atoms with E-state index in [2.05, 4.69) is 6.58 Å². The maximum atomic E-state index is 11.4. The second-order valence-electron chi connectivity index (χ2n) is 4.27. The van der Waals surface area contributed by atoms with Gasteiger partial charge in [-0.1, -0.05) is 13.0 Å². The number of carbonyl (C=O) groups excluding carboxylic acids is 1. The summed E-state index contributed by atoms with van der Waals surface area (Å²) >= 11 is 0. The second-order valence-corrected chi connectivity index (χ2v) is 4.27. The van der Waals surface area contributed by atoms with Crippen molar-refractivity contribution in [3.63, 3.8) is 0 Å². The molecule has 1 heterocycles. The number of rotatable bonds is 5. The SMILES string of the molecule is C=CC(C(=O)NN)C1OCC(CC)(CO)CO1. The quantitative estimate of drug-likeness (QED) is 0.263. The highest BCUT2D eigenvalue weighted by Gasteiger charge is 2.38. The standard InChI is InChI=1S/C11H20N2O4/c1-3-8(9(15)13-12)10-16-6-11(4-2,5-14)7-17-10/h3,8,10,14H,1,4-7,12H2,2H3,(H,13,15). The van der Waals surface area contributed by atoms with Crippen LogP contribution in [0, 0.1) is 11.3 Å². The van der Waals surface area contributed by atoms with E-state index in [1.165, 1.54) is 6.08 Å². The lowest BCUT2D eigenvalue weighted by Crippen LogP contribution is -2.49. The van der Waals surface area contributed by atoms with Crippen molar-refractivity contribution >= 4 is 5.91 Å². The fourth-order valence-electron chi connectivity index (χ4n) is 1.66. The molecule has 0 radical (unpaired) electrons. The predicted octanol–water partition coefficient (Wildman–Crippen LogP) is -0.460. The van der Waals surface area contributed by atoms with Gasteiger partial charge in [0.2, 0.25) is 5.91 Å². The van der Waals surface area contributed by atoms with Gasteiger partial charge in [0.1, 0.15) is 5.92 Å². The average Bonchev–Trinajstić information content (AvgIpc) is 2.40. The van der Waals surface area contributed by atoms with Gasteiger partial charge in [-0.15, -0.1) is 6.58 Å². The second kappa shape index (κ2) is 6.11. The zero-order valence-corrected chi connectivity index (χ0v) is 10.0. The molecule has 0 aromatic heterocycles. The molecule has 1 unspecified atom stereocenters. The molecular weight excluding hydrogens is 224 g/mol. The van der Waals surface area contributed by atoms with E-state index >= 15 is 0 Å². The van der Waals surface area contributed by atoms with E-state index in [-0.39, 0.29) is 12.0 Å². The van der Waals surface area contributed by atoms with Crippen LogP contribution >= 0.6 is 0 Å². The number of aliphatic hydroxyl groups is 1. The Balaban J connectivity index is 2.61. The molecule has 1 rings (SSSR count). The van der Waals surface area contributed by atoms with E-state index in [0.29, 0.717) is 13.2 Å². The van der Waals surface area contributed by atoms with Crippen molar-refractivity contribution in [1.82, 2.24) is 5.43 Å². The third kappa shape index (κ3) is 3.04. The van der Waals surface area contributed by atoms with Crippen molar-refractivity contribution in [3.05, 3.63) is 12.7 Å². The number of hydrazine groups is 1. The Morgan fingerprint density at radius 2 is 2.29 bits per heavy atom. The third-order valence-electron chi connectivity index (χ3n) is 3.19. The first-order valence-corrected chi connectivity index (χ1v) is 5.59. The van der Waals surface area contributed by atoms with E-state index in [1.807, 2.05) is 12.3 Å². The van der Waals surface area contributed by atoms with Crippen molar-refractivity contribution in [2.24, 2.45) is 17.2 Å². The third-order valence-corrected chi connectivity index (χ3v) is 3.19. The number of nitrogens with one attached hydrogen (secondary N) is 1. The van der Waals surface area contributed by atoms with Crippen LogP contribution in [0.25, 0.3) is 0 Å². The average molecular weight is 244 g/mol. The molecule has 1 aliphatic heterocycles. The fraction of sp³-hybridized carbons (Fsp3) is 0.727. The highest BCUT2D eigenvalue weighted by atomic mass is 16.7. The summed E-state index contributed by atoms with van der Waals surface area (Å²) in [7, 11) is 0. The van der Waals surface area contributed by atoms with Gasteiger partial charge in [0.15, 0.2) is 6.29 Å². The van der Waals surface area contributed by atoms with Crippen LogP contribution in [0.4, 0.5) is 0 Å². The molecule has 6 heteroatoms. The minimum absolute atomic E-state index is 0.00192. The molecule has 0 aromatic carbocycles. The number of hydrogen-bond donors (Lipinski definition) is 3. The zero-order valence-electron chi connectivity index (χ0n) is 10.0. The fourth-order valence-corrected chi connectivity index (χ4v) is 1.66. The van der Waals surface area contributed by atoms with Crippen molar-refractivity contribution in [2.75, 3.05) is 19.8 Å². The Kier molecular flexibility index (Phi) is 5.07. The smallest absolute Gasteiger partial charge is 0.245 e. The lowest BCUT2D eigenvalue weighted by molar-refractivity contribution is -0.248. The Hall–Kier alpha value is -0.950. The summed E-state index contributed by atoms with van der Waals surface area (Å²) in [5.41, 5.74) is 1.67. The van der Waals surface area contributed by atoms with Crippen LogP contribution in [0.1, 0.15) is 13.3 Å². The van der Waals surface area contributed by atoms with Gasteiger partial charge in [-0.2, -0.15) is 0 Å². The summed E-state index contributed by atoms with van der Waals surface area (Å²) in [5, 5.41) is 9.30. The van der Waals surface area contributed by atoms with E-state index in [4.69, 9.17) is 15.3 Å². The molecule has 0 saturated carbocycles. The number of ether oxygens (including phenoxy) is 2. The van der Waals surface area contributed by atoms with Gasteiger partial charge in [0, 0.05) is 5.41 Å². The zero-order chi connectivity index (χ0) is 12.9. The minimum Gasteiger partial charge on any atom is -0.396 e. The van der Waals surface area contributed by atoms with Crippen molar-refractivity contribution in [3.8, 4) is 0 Å². The Labute approximate surface area is 101 Å². The highest BCUT2D eigenvalue weighted by Crippen LogP contribution is 2.30. The topological polar surface area (TPSA) is 93.8 Å². The first-order valence-electron chi connectivity index (χ1n) is 5.59. The first kappa shape index (κ1) is 14.1. The molecule has 1 fully saturated rings. The number of amides is 1. The van der Waals surface area contributed by atoms with Gasteiger partial charge in [-0.3, -0.25) is 10.2 Å². The maximum Gasteiger partial charge on any atom is 0.245 e. The number of nitrogens with two attached hydrogens (primary N) is 1. The monoisotopic (exact) mass is 244 g/mol. The molecule has 0 aromatic rings. The van der Waals surface area contributed by atoms with E-state index in [9.17, 15) is 9.90 Å². The predicted molar refractivity (Wildman–Crippen MR) is 61.5 cm³/mol. The number of aliphatic hydroxyl groups excluding tert-OH is 1. The molecule has 1 amide bonds. The van der Waals surface area contributed by atoms with Gasteiger partial charge in [0.05, 0.1) is 19.8 Å². The molecule has 1 aliphatic rings. The van der Waals surface area contributed by atoms with E-state index < -0.39 is 18.1 Å². The van der Waals surface area contributed by atoms with Crippen LogP contribution in [-0.4, -0.2) is 37.1 Å². The summed E-state index contributed by atoms with van der Waals surface area (Å²) in [6.07, 6.45) is 1.49. The van der Waals surface area contributed by atoms with Gasteiger partial charge in [-0.25, -0.2) is 5.84 Å². The van der Waals surface area contributed by atoms with Gasteiger partial charge >= 0.3 is 0 Å². The van der Waals surface area contributed by atoms with Crippen LogP contribution in [0.3, 0.4) is 0 Å². The Morgan fingerprint density at radius 3 is 2.65 bits per heavy atom. The summed E-state index contributed by atoms with van der Waals surface area (Å²) in [5.74, 6) is 4.01. The molecule has 4 N–H and O–H groups in total. The lowest BCUT2D eigenvalue weighted by Gasteiger charge is -2.39. The van der Waals surface area contributed by atoms with Crippen molar-refractivity contribution in [1.29, 1.82) is 0 Å². The van der Waals surface area contributed by atoms with Crippen molar-refractivity contribution in [2.45, 2.75) is 19.6 Å². The molecule has 17 heavy (non-hydrogen) atoms. The lowest BCUT2D eigenvalue weighted by atomic mass is 9.87. The van der Waals surface area contributed by atoms with Gasteiger partial charge in [-0.05, 0) is 6.42 Å². The number of hydrogen-bond acceptors (Lipinski definition) is 5. The molecule has 1 saturated heterocycles. The Morgan fingerprint density at radius 1 is 1.71 bits per heavy atom. The number of carbonyl (C=O) groups is 1. The Bertz CT molecular complexity index is 269. The van der Waals surface area contributed by atoms with Gasteiger partial charge < -0.3 is 14.6 Å². The maximum absolute atomic E-state index is 11.4. The largest absolute Gasteiger partial charge is 0.396 e. The summed E-state index contributed by atoms with van der Waals surface area (Å²) in [4.78, 5) is 11.4. The molecule has 0 aliphatic carbocycles. The summed E-state index contributed by atoms with van der Waals surface area (Å²) in [6, 6.07) is 0. The van der Waals surface area contributed by atoms with Crippen LogP contribution in [0.2, 0.25) is 0 Å². The molecule has 98 valence electrons. The van der Waals surface area contributed by atoms with Crippen molar-refractivity contribution < 1.29 is 19.4 Å². The molecule has 6 nitrogen and oxygen atoms in total. The van der Waals surface area contributed by atoms with Crippen LogP contribution in [0.5, 0.6) is 0 Å². The molecular formula is C11H20N2O4. The normalized spacial score (nSPS) is 30.6. The van der Waals surface area contributed by atoms with Crippen LogP contribution < -0.4 is 11.3 Å². The van der Waals surface area contributed by atoms with E-state index in [0.717, 1.165) is 6.42 Å². The van der Waals surface area contributed by atoms with Crippen LogP contribution in [0.15, 0.2) is 12.7 Å². The molecule has 1 atom stereocenters. The van der Waals surface area contributed by atoms with Crippen LogP contribution in [-0.2, 0) is 14.3 Å². The first-order chi connectivity index (χ1) is 8.12. The summed E-state index contributed by atoms with van der Waals surface area (Å²) in [6.45, 7) is 6.22. The molecule has 0 spiro atoms. The van der Waals surface area contributed by atoms with Gasteiger partial charge in [0.25, 0.3) is 0 Å². The van der Waals surface area contributed by atoms with E-state index in [1.54, 1.807) is 0 Å². The minimum atomic E-state index is -0.692. The molecule has 0 bridgehead atoms. The summed E-state index contributed by atoms with van der Waals surface area (Å²) < 4.78 is 11.0. The highest BCUT2D eigenvalue weighted by molar-refractivity contribution is 5.80.